The Hall–Kier alpha value is -0.590. The predicted molar refractivity (Wildman–Crippen MR) is 46.2 cm³/mol. The minimum absolute atomic E-state index is 0.566. The first-order valence-corrected chi connectivity index (χ1v) is 4.26. The van der Waals surface area contributed by atoms with Gasteiger partial charge in [-0.2, -0.15) is 0 Å². The van der Waals surface area contributed by atoms with Crippen molar-refractivity contribution in [2.45, 2.75) is 32.9 Å². The highest BCUT2D eigenvalue weighted by molar-refractivity contribution is 5.26. The highest BCUT2D eigenvalue weighted by atomic mass is 19.1. The average molecular weight is 154 g/mol. The second kappa shape index (κ2) is 3.70. The molecule has 0 amide bonds. The van der Waals surface area contributed by atoms with Crippen LogP contribution in [0.15, 0.2) is 23.8 Å². The van der Waals surface area contributed by atoms with Gasteiger partial charge in [-0.1, -0.05) is 32.1 Å². The van der Waals surface area contributed by atoms with Gasteiger partial charge < -0.3 is 0 Å². The van der Waals surface area contributed by atoms with E-state index >= 15 is 0 Å². The van der Waals surface area contributed by atoms with Crippen LogP contribution in [-0.4, -0.2) is 6.17 Å². The summed E-state index contributed by atoms with van der Waals surface area (Å²) in [5.41, 5.74) is 1.29. The summed E-state index contributed by atoms with van der Waals surface area (Å²) in [5, 5.41) is 0. The van der Waals surface area contributed by atoms with Crippen molar-refractivity contribution < 1.29 is 4.39 Å². The van der Waals surface area contributed by atoms with E-state index in [4.69, 9.17) is 0 Å². The molecule has 0 aromatic heterocycles. The molecule has 1 rings (SSSR count). The summed E-state index contributed by atoms with van der Waals surface area (Å²) in [7, 11) is 0. The summed E-state index contributed by atoms with van der Waals surface area (Å²) in [6, 6.07) is 0. The van der Waals surface area contributed by atoms with Crippen LogP contribution in [0.25, 0.3) is 0 Å². The number of halogens is 1. The molecule has 1 heteroatoms. The largest absolute Gasteiger partial charge is 0.243 e. The maximum absolute atomic E-state index is 12.6. The summed E-state index contributed by atoms with van der Waals surface area (Å²) in [5.74, 6) is 0.582. The molecule has 0 N–H and O–H groups in total. The van der Waals surface area contributed by atoms with Gasteiger partial charge in [0, 0.05) is 6.42 Å². The second-order valence-corrected chi connectivity index (χ2v) is 3.12. The van der Waals surface area contributed by atoms with Crippen LogP contribution in [0.3, 0.4) is 0 Å². The fourth-order valence-corrected chi connectivity index (χ4v) is 1.21. The van der Waals surface area contributed by atoms with E-state index in [2.05, 4.69) is 13.8 Å². The predicted octanol–water partition coefficient (Wildman–Crippen LogP) is 3.26. The number of allylic oxidation sites excluding steroid dienone is 4. The van der Waals surface area contributed by atoms with Gasteiger partial charge in [-0.05, 0) is 17.9 Å². The minimum atomic E-state index is -0.747. The molecule has 0 bridgehead atoms. The molecule has 0 aromatic carbocycles. The van der Waals surface area contributed by atoms with Crippen LogP contribution in [0.1, 0.15) is 26.7 Å². The van der Waals surface area contributed by atoms with Crippen molar-refractivity contribution in [3.8, 4) is 0 Å². The number of hydrogen-bond acceptors (Lipinski definition) is 0. The molecular weight excluding hydrogens is 139 g/mol. The SMILES string of the molecule is CCC(C)C1=CCC(F)C=C1. The fraction of sp³-hybridized carbons (Fsp3) is 0.600. The van der Waals surface area contributed by atoms with Gasteiger partial charge in [0.25, 0.3) is 0 Å². The number of hydrogen-bond donors (Lipinski definition) is 0. The third-order valence-corrected chi connectivity index (χ3v) is 2.26. The molecule has 0 radical (unpaired) electrons. The van der Waals surface area contributed by atoms with Gasteiger partial charge >= 0.3 is 0 Å². The first-order chi connectivity index (χ1) is 5.24. The standard InChI is InChI=1S/C10H15F/c1-3-8(2)9-4-6-10(11)7-5-9/h4-6,8,10H,3,7H2,1-2H3. The zero-order chi connectivity index (χ0) is 8.27. The van der Waals surface area contributed by atoms with Gasteiger partial charge in [0.15, 0.2) is 0 Å². The van der Waals surface area contributed by atoms with Crippen molar-refractivity contribution in [1.29, 1.82) is 0 Å². The summed E-state index contributed by atoms with van der Waals surface area (Å²) in [4.78, 5) is 0. The van der Waals surface area contributed by atoms with E-state index < -0.39 is 6.17 Å². The Morgan fingerprint density at radius 2 is 2.45 bits per heavy atom. The van der Waals surface area contributed by atoms with Crippen molar-refractivity contribution in [3.05, 3.63) is 23.8 Å². The fourth-order valence-electron chi connectivity index (χ4n) is 1.21. The molecule has 2 unspecified atom stereocenters. The third-order valence-electron chi connectivity index (χ3n) is 2.26. The van der Waals surface area contributed by atoms with Gasteiger partial charge in [-0.3, -0.25) is 0 Å². The lowest BCUT2D eigenvalue weighted by atomic mass is 9.93. The van der Waals surface area contributed by atoms with Crippen LogP contribution < -0.4 is 0 Å². The third kappa shape index (κ3) is 2.18. The quantitative estimate of drug-likeness (QED) is 0.572. The lowest BCUT2D eigenvalue weighted by molar-refractivity contribution is 0.398. The molecule has 0 aliphatic heterocycles. The minimum Gasteiger partial charge on any atom is -0.243 e. The Morgan fingerprint density at radius 3 is 2.91 bits per heavy atom. The van der Waals surface area contributed by atoms with Crippen molar-refractivity contribution in [2.24, 2.45) is 5.92 Å². The van der Waals surface area contributed by atoms with E-state index in [-0.39, 0.29) is 0 Å². The molecule has 0 saturated heterocycles. The van der Waals surface area contributed by atoms with E-state index in [1.165, 1.54) is 5.57 Å². The Balaban J connectivity index is 2.55. The van der Waals surface area contributed by atoms with Crippen LogP contribution in [0.5, 0.6) is 0 Å². The normalized spacial score (nSPS) is 26.5. The maximum Gasteiger partial charge on any atom is 0.122 e. The van der Waals surface area contributed by atoms with Gasteiger partial charge in [0.2, 0.25) is 0 Å². The molecule has 11 heavy (non-hydrogen) atoms. The molecular formula is C10H15F. The van der Waals surface area contributed by atoms with Gasteiger partial charge in [-0.25, -0.2) is 4.39 Å². The van der Waals surface area contributed by atoms with Crippen molar-refractivity contribution in [2.75, 3.05) is 0 Å². The molecule has 0 spiro atoms. The van der Waals surface area contributed by atoms with Crippen LogP contribution >= 0.6 is 0 Å². The maximum atomic E-state index is 12.6. The lowest BCUT2D eigenvalue weighted by Gasteiger charge is -2.14. The van der Waals surface area contributed by atoms with Crippen molar-refractivity contribution >= 4 is 0 Å². The topological polar surface area (TPSA) is 0 Å². The monoisotopic (exact) mass is 154 g/mol. The highest BCUT2D eigenvalue weighted by Crippen LogP contribution is 2.21. The van der Waals surface area contributed by atoms with E-state index in [0.717, 1.165) is 6.42 Å². The van der Waals surface area contributed by atoms with Gasteiger partial charge in [-0.15, -0.1) is 0 Å². The molecule has 0 fully saturated rings. The van der Waals surface area contributed by atoms with Gasteiger partial charge in [0.1, 0.15) is 6.17 Å². The molecule has 0 heterocycles. The van der Waals surface area contributed by atoms with E-state index in [9.17, 15) is 4.39 Å². The molecule has 0 nitrogen and oxygen atoms in total. The summed E-state index contributed by atoms with van der Waals surface area (Å²) in [6.45, 7) is 4.33. The average Bonchev–Trinajstić information content (AvgIpc) is 2.05. The molecule has 1 aliphatic rings. The van der Waals surface area contributed by atoms with E-state index in [0.29, 0.717) is 12.3 Å². The van der Waals surface area contributed by atoms with E-state index in [1.54, 1.807) is 6.08 Å². The molecule has 0 aromatic rings. The summed E-state index contributed by atoms with van der Waals surface area (Å²) in [6.07, 6.45) is 6.54. The number of alkyl halides is 1. The van der Waals surface area contributed by atoms with Crippen LogP contribution in [0.2, 0.25) is 0 Å². The Kier molecular flexibility index (Phi) is 2.86. The van der Waals surface area contributed by atoms with Crippen LogP contribution in [0, 0.1) is 5.92 Å². The lowest BCUT2D eigenvalue weighted by Crippen LogP contribution is -2.03. The Bertz CT molecular complexity index is 179. The summed E-state index contributed by atoms with van der Waals surface area (Å²) < 4.78 is 12.6. The molecule has 0 saturated carbocycles. The smallest absolute Gasteiger partial charge is 0.122 e. The first-order valence-electron chi connectivity index (χ1n) is 4.26. The van der Waals surface area contributed by atoms with Crippen LogP contribution in [-0.2, 0) is 0 Å². The summed E-state index contributed by atoms with van der Waals surface area (Å²) >= 11 is 0. The second-order valence-electron chi connectivity index (χ2n) is 3.12. The highest BCUT2D eigenvalue weighted by Gasteiger charge is 2.09. The molecule has 62 valence electrons. The van der Waals surface area contributed by atoms with Gasteiger partial charge in [0.05, 0.1) is 0 Å². The van der Waals surface area contributed by atoms with Crippen molar-refractivity contribution in [1.82, 2.24) is 0 Å². The Labute approximate surface area is 67.8 Å². The van der Waals surface area contributed by atoms with E-state index in [1.807, 2.05) is 12.2 Å². The van der Waals surface area contributed by atoms with Crippen LogP contribution in [0.4, 0.5) is 4.39 Å². The molecule has 1 aliphatic carbocycles. The number of rotatable bonds is 2. The molecule has 2 atom stereocenters. The van der Waals surface area contributed by atoms with Crippen molar-refractivity contribution in [3.63, 3.8) is 0 Å². The zero-order valence-electron chi connectivity index (χ0n) is 7.18. The Morgan fingerprint density at radius 1 is 1.73 bits per heavy atom. The zero-order valence-corrected chi connectivity index (χ0v) is 7.18. The first kappa shape index (κ1) is 8.51.